The van der Waals surface area contributed by atoms with E-state index >= 15 is 0 Å². The van der Waals surface area contributed by atoms with E-state index in [9.17, 15) is 0 Å². The maximum atomic E-state index is 3.76. The summed E-state index contributed by atoms with van der Waals surface area (Å²) in [5, 5.41) is 1.14. The molecule has 0 aliphatic rings. The highest BCUT2D eigenvalue weighted by Gasteiger charge is 2.29. The Morgan fingerprint density at radius 2 is 1.76 bits per heavy atom. The first kappa shape index (κ1) is 17.8. The van der Waals surface area contributed by atoms with Crippen molar-refractivity contribution in [3.05, 3.63) is 0 Å². The maximum absolute atomic E-state index is 3.76. The van der Waals surface area contributed by atoms with Crippen LogP contribution in [0, 0.1) is 5.41 Å². The molecule has 0 saturated carbocycles. The largest absolute Gasteiger partial charge is 0.302 e. The van der Waals surface area contributed by atoms with Crippen LogP contribution in [0.1, 0.15) is 46.5 Å². The molecule has 0 N–H and O–H groups in total. The molecule has 0 aromatic rings. The molecule has 0 amide bonds. The van der Waals surface area contributed by atoms with Gasteiger partial charge in [0.25, 0.3) is 0 Å². The van der Waals surface area contributed by atoms with Crippen molar-refractivity contribution in [2.45, 2.75) is 52.5 Å². The van der Waals surface area contributed by atoms with Crippen LogP contribution in [0.2, 0.25) is 0 Å². The Kier molecular flexibility index (Phi) is 10.1. The lowest BCUT2D eigenvalue weighted by atomic mass is 9.80. The van der Waals surface area contributed by atoms with E-state index in [2.05, 4.69) is 54.9 Å². The van der Waals surface area contributed by atoms with Gasteiger partial charge in [0.15, 0.2) is 0 Å². The standard InChI is InChI=1S/C14H30BrNS/c1-6-8-14(11-15,9-7-2)12-16(4)13(3)10-17-5/h13H,6-12H2,1-5H3. The van der Waals surface area contributed by atoms with Crippen molar-refractivity contribution < 1.29 is 0 Å². The number of hydrogen-bond acceptors (Lipinski definition) is 2. The van der Waals surface area contributed by atoms with Gasteiger partial charge in [0.2, 0.25) is 0 Å². The van der Waals surface area contributed by atoms with Crippen LogP contribution in [0.3, 0.4) is 0 Å². The first-order valence-electron chi connectivity index (χ1n) is 6.80. The molecule has 0 aliphatic carbocycles. The van der Waals surface area contributed by atoms with E-state index in [1.54, 1.807) is 0 Å². The Morgan fingerprint density at radius 1 is 1.24 bits per heavy atom. The van der Waals surface area contributed by atoms with Gasteiger partial charge in [0.05, 0.1) is 0 Å². The van der Waals surface area contributed by atoms with Gasteiger partial charge in [-0.2, -0.15) is 11.8 Å². The van der Waals surface area contributed by atoms with Crippen LogP contribution in [0.4, 0.5) is 0 Å². The number of alkyl halides is 1. The van der Waals surface area contributed by atoms with Gasteiger partial charge in [0, 0.05) is 23.7 Å². The van der Waals surface area contributed by atoms with Gasteiger partial charge >= 0.3 is 0 Å². The lowest BCUT2D eigenvalue weighted by molar-refractivity contribution is 0.148. The van der Waals surface area contributed by atoms with E-state index in [-0.39, 0.29) is 0 Å². The van der Waals surface area contributed by atoms with Gasteiger partial charge in [-0.05, 0) is 38.5 Å². The van der Waals surface area contributed by atoms with E-state index in [1.807, 2.05) is 11.8 Å². The molecule has 0 bridgehead atoms. The highest BCUT2D eigenvalue weighted by molar-refractivity contribution is 9.09. The first-order valence-corrected chi connectivity index (χ1v) is 9.32. The molecule has 0 radical (unpaired) electrons. The van der Waals surface area contributed by atoms with Crippen molar-refractivity contribution in [3.63, 3.8) is 0 Å². The highest BCUT2D eigenvalue weighted by atomic mass is 79.9. The summed E-state index contributed by atoms with van der Waals surface area (Å²) in [6, 6.07) is 0.678. The molecule has 1 atom stereocenters. The van der Waals surface area contributed by atoms with Crippen molar-refractivity contribution in [2.75, 3.05) is 30.9 Å². The molecule has 3 heteroatoms. The molecular formula is C14H30BrNS. The maximum Gasteiger partial charge on any atom is 0.0155 e. The molecule has 0 heterocycles. The predicted octanol–water partition coefficient (Wildman–Crippen LogP) is 4.65. The second-order valence-corrected chi connectivity index (χ2v) is 6.82. The Morgan fingerprint density at radius 3 is 2.12 bits per heavy atom. The lowest BCUT2D eigenvalue weighted by Gasteiger charge is -2.38. The Labute approximate surface area is 121 Å². The molecular weight excluding hydrogens is 294 g/mol. The van der Waals surface area contributed by atoms with E-state index < -0.39 is 0 Å². The van der Waals surface area contributed by atoms with Crippen LogP contribution in [-0.2, 0) is 0 Å². The van der Waals surface area contributed by atoms with Gasteiger partial charge < -0.3 is 4.90 Å². The first-order chi connectivity index (χ1) is 8.05. The number of nitrogens with zero attached hydrogens (tertiary/aromatic N) is 1. The monoisotopic (exact) mass is 323 g/mol. The minimum absolute atomic E-state index is 0.477. The van der Waals surface area contributed by atoms with Crippen LogP contribution in [0.25, 0.3) is 0 Å². The van der Waals surface area contributed by atoms with Crippen LogP contribution < -0.4 is 0 Å². The molecule has 0 spiro atoms. The molecule has 0 aliphatic heterocycles. The summed E-state index contributed by atoms with van der Waals surface area (Å²) in [4.78, 5) is 2.54. The summed E-state index contributed by atoms with van der Waals surface area (Å²) in [5.74, 6) is 1.23. The van der Waals surface area contributed by atoms with E-state index in [0.717, 1.165) is 5.33 Å². The van der Waals surface area contributed by atoms with E-state index in [4.69, 9.17) is 0 Å². The molecule has 0 saturated heterocycles. The summed E-state index contributed by atoms with van der Waals surface area (Å²) in [5.41, 5.74) is 0.477. The Balaban J connectivity index is 4.49. The summed E-state index contributed by atoms with van der Waals surface area (Å²) in [7, 11) is 2.28. The van der Waals surface area contributed by atoms with Gasteiger partial charge in [-0.3, -0.25) is 0 Å². The normalized spacial score (nSPS) is 14.3. The zero-order valence-electron chi connectivity index (χ0n) is 12.3. The van der Waals surface area contributed by atoms with Gasteiger partial charge in [-0.25, -0.2) is 0 Å². The van der Waals surface area contributed by atoms with Crippen molar-refractivity contribution >= 4 is 27.7 Å². The topological polar surface area (TPSA) is 3.24 Å². The second-order valence-electron chi connectivity index (χ2n) is 5.35. The van der Waals surface area contributed by atoms with Crippen molar-refractivity contribution in [1.82, 2.24) is 4.90 Å². The summed E-state index contributed by atoms with van der Waals surface area (Å²) >= 11 is 5.70. The third-order valence-electron chi connectivity index (χ3n) is 3.59. The SMILES string of the molecule is CCCC(CBr)(CCC)CN(C)C(C)CSC. The fourth-order valence-electron chi connectivity index (χ4n) is 2.57. The van der Waals surface area contributed by atoms with E-state index in [0.29, 0.717) is 11.5 Å². The number of hydrogen-bond donors (Lipinski definition) is 0. The number of rotatable bonds is 10. The third-order valence-corrected chi connectivity index (χ3v) is 5.59. The quantitative estimate of drug-likeness (QED) is 0.538. The van der Waals surface area contributed by atoms with Crippen LogP contribution in [0.15, 0.2) is 0 Å². The van der Waals surface area contributed by atoms with Gasteiger partial charge in [-0.15, -0.1) is 0 Å². The predicted molar refractivity (Wildman–Crippen MR) is 86.5 cm³/mol. The molecule has 1 unspecified atom stereocenters. The zero-order valence-corrected chi connectivity index (χ0v) is 14.7. The Bertz CT molecular complexity index is 181. The smallest absolute Gasteiger partial charge is 0.0155 e. The van der Waals surface area contributed by atoms with Crippen molar-refractivity contribution in [1.29, 1.82) is 0 Å². The van der Waals surface area contributed by atoms with Gasteiger partial charge in [0.1, 0.15) is 0 Å². The molecule has 0 fully saturated rings. The summed E-state index contributed by atoms with van der Waals surface area (Å²) in [6.07, 6.45) is 7.44. The minimum Gasteiger partial charge on any atom is -0.302 e. The van der Waals surface area contributed by atoms with Crippen molar-refractivity contribution in [3.8, 4) is 0 Å². The molecule has 1 nitrogen and oxygen atoms in total. The third kappa shape index (κ3) is 6.49. The molecule has 0 aromatic heterocycles. The zero-order chi connectivity index (χ0) is 13.3. The van der Waals surface area contributed by atoms with Gasteiger partial charge in [-0.1, -0.05) is 42.6 Å². The van der Waals surface area contributed by atoms with E-state index in [1.165, 1.54) is 38.0 Å². The molecule has 104 valence electrons. The highest BCUT2D eigenvalue weighted by Crippen LogP contribution is 2.33. The average Bonchev–Trinajstić information content (AvgIpc) is 2.29. The molecule has 0 rings (SSSR count). The number of thioether (sulfide) groups is 1. The molecule has 0 aromatic carbocycles. The fourth-order valence-corrected chi connectivity index (χ4v) is 4.05. The van der Waals surface area contributed by atoms with Crippen LogP contribution in [-0.4, -0.2) is 41.9 Å². The summed E-state index contributed by atoms with van der Waals surface area (Å²) < 4.78 is 0. The Hall–Kier alpha value is 0.790. The van der Waals surface area contributed by atoms with Crippen LogP contribution in [0.5, 0.6) is 0 Å². The number of halogens is 1. The van der Waals surface area contributed by atoms with Crippen LogP contribution >= 0.6 is 27.7 Å². The van der Waals surface area contributed by atoms with Crippen molar-refractivity contribution in [2.24, 2.45) is 5.41 Å². The second kappa shape index (κ2) is 9.69. The lowest BCUT2D eigenvalue weighted by Crippen LogP contribution is -2.42. The minimum atomic E-state index is 0.477. The average molecular weight is 324 g/mol. The molecule has 17 heavy (non-hydrogen) atoms. The fraction of sp³-hybridized carbons (Fsp3) is 1.00. The summed E-state index contributed by atoms with van der Waals surface area (Å²) in [6.45, 7) is 8.17.